The lowest BCUT2D eigenvalue weighted by Gasteiger charge is -2.22. The summed E-state index contributed by atoms with van der Waals surface area (Å²) in [5, 5.41) is 0. The highest BCUT2D eigenvalue weighted by Crippen LogP contribution is 2.47. The topological polar surface area (TPSA) is 279 Å². The molecule has 0 spiro atoms. The van der Waals surface area contributed by atoms with Crippen LogP contribution in [0, 0.1) is 0 Å². The minimum Gasteiger partial charge on any atom is -0.369 e. The quantitative estimate of drug-likeness (QED) is 0.0512. The van der Waals surface area contributed by atoms with Crippen LogP contribution in [0.1, 0.15) is 46.5 Å². The van der Waals surface area contributed by atoms with Gasteiger partial charge in [0.1, 0.15) is 25.4 Å². The molecule has 0 amide bonds. The summed E-state index contributed by atoms with van der Waals surface area (Å²) in [6, 6.07) is 0. The van der Waals surface area contributed by atoms with Gasteiger partial charge in [0.25, 0.3) is 0 Å². The first kappa shape index (κ1) is 46.5. The maximum absolute atomic E-state index is 12.0. The van der Waals surface area contributed by atoms with Gasteiger partial charge in [0, 0.05) is 33.5 Å². The molecule has 5 unspecified atom stereocenters. The van der Waals surface area contributed by atoms with Crippen LogP contribution in [0.15, 0.2) is 0 Å². The molecule has 25 heteroatoms. The second-order valence-electron chi connectivity index (χ2n) is 10.3. The number of phosphoric ester groups is 1. The van der Waals surface area contributed by atoms with E-state index in [0.717, 1.165) is 7.11 Å². The normalized spacial score (nSPS) is 19.1. The number of phosphoric acid groups is 1. The van der Waals surface area contributed by atoms with Crippen LogP contribution in [-0.2, 0) is 68.9 Å². The minimum absolute atomic E-state index is 0.00127. The van der Waals surface area contributed by atoms with Crippen LogP contribution in [0.25, 0.3) is 0 Å². The van der Waals surface area contributed by atoms with Crippen LogP contribution in [0.2, 0.25) is 0 Å². The Morgan fingerprint density at radius 1 is 0.457 bits per heavy atom. The zero-order valence-electron chi connectivity index (χ0n) is 26.4. The van der Waals surface area contributed by atoms with E-state index >= 15 is 0 Å². The second kappa shape index (κ2) is 23.1. The van der Waals surface area contributed by atoms with E-state index in [-0.39, 0.29) is 78.5 Å². The summed E-state index contributed by atoms with van der Waals surface area (Å²) in [6.45, 7) is 3.79. The molecule has 0 heterocycles. The molecule has 0 fully saturated rings. The first-order chi connectivity index (χ1) is 21.1. The highest BCUT2D eigenvalue weighted by molar-refractivity contribution is 7.53. The summed E-state index contributed by atoms with van der Waals surface area (Å²) < 4.78 is 107. The highest BCUT2D eigenvalue weighted by atomic mass is 31.2. The van der Waals surface area contributed by atoms with E-state index in [1.54, 1.807) is 20.8 Å². The van der Waals surface area contributed by atoms with Crippen LogP contribution < -0.4 is 0 Å². The van der Waals surface area contributed by atoms with Crippen LogP contribution in [-0.4, -0.2) is 115 Å². The predicted octanol–water partition coefficient (Wildman–Crippen LogP) is 3.81. The summed E-state index contributed by atoms with van der Waals surface area (Å²) in [6.07, 6.45) is -1.88. The van der Waals surface area contributed by atoms with E-state index in [1.165, 1.54) is 0 Å². The maximum atomic E-state index is 12.0. The minimum atomic E-state index is -4.23. The molecule has 20 nitrogen and oxygen atoms in total. The summed E-state index contributed by atoms with van der Waals surface area (Å²) in [5.74, 6) is 0. The van der Waals surface area contributed by atoms with Gasteiger partial charge in [0.05, 0.1) is 32.0 Å². The highest BCUT2D eigenvalue weighted by Gasteiger charge is 2.28. The molecule has 278 valence electrons. The lowest BCUT2D eigenvalue weighted by Crippen LogP contribution is -2.18. The predicted molar refractivity (Wildman–Crippen MR) is 163 cm³/mol. The van der Waals surface area contributed by atoms with Gasteiger partial charge in [-0.3, -0.25) is 27.3 Å². The SMILES string of the molecule is COP(=O)(O)COCCCOP(=O)(O)COCCCOP(=O)(O)COCCCOP(=O)(O)COCCCOP(=O)(O)OC(C)(C)C. The van der Waals surface area contributed by atoms with Gasteiger partial charge in [0.2, 0.25) is 0 Å². The van der Waals surface area contributed by atoms with Crippen LogP contribution >= 0.6 is 38.2 Å². The summed E-state index contributed by atoms with van der Waals surface area (Å²) in [7, 11) is -19.2. The molecule has 5 atom stereocenters. The molecule has 0 rings (SSSR count). The van der Waals surface area contributed by atoms with E-state index in [1.807, 2.05) is 0 Å². The lowest BCUT2D eigenvalue weighted by atomic mass is 10.2. The molecule has 0 radical (unpaired) electrons. The molecular weight excluding hydrogens is 727 g/mol. The molecule has 0 aromatic heterocycles. The monoisotopic (exact) mass is 776 g/mol. The Morgan fingerprint density at radius 3 is 1.02 bits per heavy atom. The van der Waals surface area contributed by atoms with Crippen molar-refractivity contribution in [2.45, 2.75) is 52.1 Å². The number of rotatable bonds is 30. The van der Waals surface area contributed by atoms with Crippen molar-refractivity contribution in [3.8, 4) is 0 Å². The van der Waals surface area contributed by atoms with Crippen LogP contribution in [0.3, 0.4) is 0 Å². The molecule has 0 saturated carbocycles. The van der Waals surface area contributed by atoms with Gasteiger partial charge in [-0.1, -0.05) is 0 Å². The van der Waals surface area contributed by atoms with Gasteiger partial charge in [-0.25, -0.2) is 4.57 Å². The molecule has 0 aromatic carbocycles. The van der Waals surface area contributed by atoms with Crippen molar-refractivity contribution in [2.24, 2.45) is 0 Å². The molecule has 0 aromatic rings. The van der Waals surface area contributed by atoms with E-state index in [2.05, 4.69) is 4.52 Å². The van der Waals surface area contributed by atoms with E-state index < -0.39 is 69.2 Å². The maximum Gasteiger partial charge on any atom is 0.472 e. The average Bonchev–Trinajstić information content (AvgIpc) is 2.90. The van der Waals surface area contributed by atoms with Crippen molar-refractivity contribution in [3.63, 3.8) is 0 Å². The molecule has 0 aliphatic carbocycles. The van der Waals surface area contributed by atoms with Crippen molar-refractivity contribution >= 4 is 38.2 Å². The van der Waals surface area contributed by atoms with E-state index in [9.17, 15) is 42.4 Å². The molecule has 0 aliphatic heterocycles. The number of ether oxygens (including phenoxy) is 4. The van der Waals surface area contributed by atoms with Gasteiger partial charge in [0.15, 0.2) is 0 Å². The molecule has 5 N–H and O–H groups in total. The zero-order chi connectivity index (χ0) is 35.4. The lowest BCUT2D eigenvalue weighted by molar-refractivity contribution is 0.0561. The first-order valence-corrected chi connectivity index (χ1v) is 22.4. The second-order valence-corrected chi connectivity index (χ2v) is 19.0. The number of hydrogen-bond donors (Lipinski definition) is 5. The largest absolute Gasteiger partial charge is 0.472 e. The van der Waals surface area contributed by atoms with Gasteiger partial charge in [-0.15, -0.1) is 0 Å². The van der Waals surface area contributed by atoms with Gasteiger partial charge in [-0.2, -0.15) is 0 Å². The third-order valence-electron chi connectivity index (χ3n) is 4.56. The Hall–Kier alpha value is 0.550. The van der Waals surface area contributed by atoms with Crippen molar-refractivity contribution in [1.82, 2.24) is 0 Å². The van der Waals surface area contributed by atoms with E-state index in [4.69, 9.17) is 46.5 Å². The van der Waals surface area contributed by atoms with Gasteiger partial charge >= 0.3 is 38.2 Å². The molecule has 46 heavy (non-hydrogen) atoms. The van der Waals surface area contributed by atoms with Crippen molar-refractivity contribution in [3.05, 3.63) is 0 Å². The third-order valence-corrected chi connectivity index (χ3v) is 10.2. The van der Waals surface area contributed by atoms with E-state index in [0.29, 0.717) is 0 Å². The summed E-state index contributed by atoms with van der Waals surface area (Å²) in [4.78, 5) is 48.0. The summed E-state index contributed by atoms with van der Waals surface area (Å²) in [5.41, 5.74) is -0.880. The Kier molecular flexibility index (Phi) is 23.4. The van der Waals surface area contributed by atoms with Crippen molar-refractivity contribution in [2.75, 3.05) is 85.4 Å². The third kappa shape index (κ3) is 29.5. The van der Waals surface area contributed by atoms with Gasteiger partial charge < -0.3 is 61.5 Å². The molecule has 0 aliphatic rings. The Balaban J connectivity index is 3.86. The van der Waals surface area contributed by atoms with Crippen molar-refractivity contribution < 1.29 is 93.4 Å². The Morgan fingerprint density at radius 2 is 0.739 bits per heavy atom. The zero-order valence-corrected chi connectivity index (χ0v) is 30.9. The van der Waals surface area contributed by atoms with Crippen LogP contribution in [0.4, 0.5) is 0 Å². The fourth-order valence-electron chi connectivity index (χ4n) is 2.70. The molecule has 0 bridgehead atoms. The van der Waals surface area contributed by atoms with Crippen LogP contribution in [0.5, 0.6) is 0 Å². The number of hydrogen-bond acceptors (Lipinski definition) is 15. The molecule has 0 saturated heterocycles. The smallest absolute Gasteiger partial charge is 0.369 e. The fraction of sp³-hybridized carbons (Fsp3) is 1.00. The standard InChI is InChI=1S/C21H49O20P5/c1-21(2,3)41-46(30,31)40-16-8-12-36-20-45(28,29)39-15-7-11-35-19-44(26,27)38-14-6-10-34-18-43(24,25)37-13-5-9-33-17-42(22,23)32-4/h5-20H2,1-4H3,(H,22,23)(H,24,25)(H,26,27)(H,28,29)(H,30,31). The Labute approximate surface area is 269 Å². The van der Waals surface area contributed by atoms with Gasteiger partial charge in [-0.05, 0) is 46.5 Å². The fourth-order valence-corrected chi connectivity index (χ4v) is 6.82. The average molecular weight is 776 g/mol. The first-order valence-electron chi connectivity index (χ1n) is 13.8. The Bertz CT molecular complexity index is 1070. The van der Waals surface area contributed by atoms with Crippen molar-refractivity contribution in [1.29, 1.82) is 0 Å². The molecular formula is C21H49O20P5. The summed E-state index contributed by atoms with van der Waals surface area (Å²) >= 11 is 0.